The van der Waals surface area contributed by atoms with Gasteiger partial charge >= 0.3 is 0 Å². The lowest BCUT2D eigenvalue weighted by Gasteiger charge is -2.18. The summed E-state index contributed by atoms with van der Waals surface area (Å²) in [5, 5.41) is 2.67. The van der Waals surface area contributed by atoms with Crippen LogP contribution in [0.3, 0.4) is 0 Å². The van der Waals surface area contributed by atoms with E-state index in [2.05, 4.69) is 10.3 Å². The predicted molar refractivity (Wildman–Crippen MR) is 65.4 cm³/mol. The number of hydrogen-bond donors (Lipinski definition) is 2. The van der Waals surface area contributed by atoms with E-state index in [9.17, 15) is 9.18 Å². The molecule has 1 aliphatic heterocycles. The number of alkyl halides is 1. The maximum atomic E-state index is 13.4. The van der Waals surface area contributed by atoms with Crippen LogP contribution in [-0.2, 0) is 11.2 Å². The van der Waals surface area contributed by atoms with E-state index in [4.69, 9.17) is 17.3 Å². The molecule has 1 heterocycles. The molecule has 1 amide bonds. The van der Waals surface area contributed by atoms with Crippen molar-refractivity contribution in [2.24, 2.45) is 10.7 Å². The number of amides is 1. The summed E-state index contributed by atoms with van der Waals surface area (Å²) < 4.78 is 13.4. The first-order valence-electron chi connectivity index (χ1n) is 5.11. The summed E-state index contributed by atoms with van der Waals surface area (Å²) in [6.07, 6.45) is 0.854. The number of carbonyl (C=O) groups is 1. The Morgan fingerprint density at radius 1 is 1.53 bits per heavy atom. The number of amidine groups is 1. The molecule has 1 aliphatic rings. The molecule has 0 saturated carbocycles. The van der Waals surface area contributed by atoms with Crippen LogP contribution in [0.25, 0.3) is 0 Å². The minimum absolute atomic E-state index is 0.0548. The summed E-state index contributed by atoms with van der Waals surface area (Å²) in [4.78, 5) is 15.3. The van der Waals surface area contributed by atoms with Gasteiger partial charge in [0.25, 0.3) is 0 Å². The summed E-state index contributed by atoms with van der Waals surface area (Å²) in [7, 11) is 0. The average Bonchev–Trinajstić information content (AvgIpc) is 2.29. The second kappa shape index (κ2) is 4.71. The number of nitrogens with two attached hydrogens (primary N) is 1. The van der Waals surface area contributed by atoms with Gasteiger partial charge in [-0.1, -0.05) is 0 Å². The van der Waals surface area contributed by atoms with E-state index >= 15 is 0 Å². The highest BCUT2D eigenvalue weighted by Crippen LogP contribution is 2.33. The van der Waals surface area contributed by atoms with Crippen LogP contribution in [0.15, 0.2) is 17.1 Å². The normalized spacial score (nSPS) is 15.4. The van der Waals surface area contributed by atoms with Crippen LogP contribution in [0.2, 0.25) is 0 Å². The molecule has 2 rings (SSSR count). The number of halogens is 2. The topological polar surface area (TPSA) is 67.5 Å². The molecule has 0 aliphatic carbocycles. The number of nitrogens with one attached hydrogen (secondary N) is 1. The van der Waals surface area contributed by atoms with Gasteiger partial charge in [-0.15, -0.1) is 11.6 Å². The summed E-state index contributed by atoms with van der Waals surface area (Å²) >= 11 is 5.52. The molecular weight excluding hydrogens is 245 g/mol. The van der Waals surface area contributed by atoms with Crippen LogP contribution < -0.4 is 11.1 Å². The molecule has 1 aromatic rings. The summed E-state index contributed by atoms with van der Waals surface area (Å²) in [6.45, 7) is 0. The first-order chi connectivity index (χ1) is 8.10. The molecule has 17 heavy (non-hydrogen) atoms. The lowest BCUT2D eigenvalue weighted by Crippen LogP contribution is -2.20. The Morgan fingerprint density at radius 3 is 3.00 bits per heavy atom. The van der Waals surface area contributed by atoms with Gasteiger partial charge in [-0.2, -0.15) is 0 Å². The number of rotatable bonds is 2. The van der Waals surface area contributed by atoms with Crippen LogP contribution in [0.4, 0.5) is 15.8 Å². The molecular formula is C11H11ClFN3O. The van der Waals surface area contributed by atoms with Crippen molar-refractivity contribution in [3.63, 3.8) is 0 Å². The first kappa shape index (κ1) is 11.9. The van der Waals surface area contributed by atoms with Crippen molar-refractivity contribution in [1.29, 1.82) is 0 Å². The molecule has 0 spiro atoms. The second-order valence-electron chi connectivity index (χ2n) is 3.74. The monoisotopic (exact) mass is 255 g/mol. The molecule has 1 aromatic carbocycles. The lowest BCUT2D eigenvalue weighted by molar-refractivity contribution is -0.116. The van der Waals surface area contributed by atoms with Crippen LogP contribution in [0.5, 0.6) is 0 Å². The molecule has 0 bridgehead atoms. The summed E-state index contributed by atoms with van der Waals surface area (Å²) in [5.74, 6) is -0.274. The molecule has 4 nitrogen and oxygen atoms in total. The van der Waals surface area contributed by atoms with Crippen molar-refractivity contribution in [2.75, 3.05) is 11.2 Å². The zero-order chi connectivity index (χ0) is 12.4. The highest BCUT2D eigenvalue weighted by atomic mass is 35.5. The summed E-state index contributed by atoms with van der Waals surface area (Å²) in [5.41, 5.74) is 7.07. The van der Waals surface area contributed by atoms with E-state index in [0.29, 0.717) is 24.2 Å². The second-order valence-corrected chi connectivity index (χ2v) is 4.01. The van der Waals surface area contributed by atoms with E-state index in [1.165, 1.54) is 12.1 Å². The first-order valence-corrected chi connectivity index (χ1v) is 5.65. The molecule has 0 aromatic heterocycles. The maximum absolute atomic E-state index is 13.4. The van der Waals surface area contributed by atoms with Crippen LogP contribution in [0, 0.1) is 5.82 Å². The molecule has 0 atom stereocenters. The van der Waals surface area contributed by atoms with E-state index in [-0.39, 0.29) is 17.6 Å². The number of aliphatic imine (C=N–C) groups is 1. The predicted octanol–water partition coefficient (Wildman–Crippen LogP) is 1.94. The molecule has 6 heteroatoms. The van der Waals surface area contributed by atoms with Gasteiger partial charge in [0.05, 0.1) is 17.3 Å². The molecule has 0 radical (unpaired) electrons. The molecule has 90 valence electrons. The fourth-order valence-electron chi connectivity index (χ4n) is 1.71. The molecule has 0 fully saturated rings. The smallest absolute Gasteiger partial charge is 0.224 e. The molecule has 0 unspecified atom stereocenters. The Hall–Kier alpha value is -1.62. The standard InChI is InChI=1S/C11H11ClFN3O/c12-5-9(14)15-8-4-7(13)3-6-1-2-10(17)16-11(6)8/h3-4H,1-2,5H2,(H2,14,15)(H,16,17). The number of benzene rings is 1. The van der Waals surface area contributed by atoms with Gasteiger partial charge < -0.3 is 11.1 Å². The van der Waals surface area contributed by atoms with Crippen molar-refractivity contribution in [3.05, 3.63) is 23.5 Å². The Balaban J connectivity index is 2.51. The van der Waals surface area contributed by atoms with Crippen LogP contribution in [-0.4, -0.2) is 17.6 Å². The third kappa shape index (κ3) is 2.55. The van der Waals surface area contributed by atoms with Crippen molar-refractivity contribution in [3.8, 4) is 0 Å². The van der Waals surface area contributed by atoms with E-state index < -0.39 is 5.82 Å². The lowest BCUT2D eigenvalue weighted by atomic mass is 10.0. The van der Waals surface area contributed by atoms with Gasteiger partial charge in [-0.05, 0) is 18.1 Å². The minimum Gasteiger partial charge on any atom is -0.386 e. The minimum atomic E-state index is -0.402. The number of hydrogen-bond acceptors (Lipinski definition) is 2. The largest absolute Gasteiger partial charge is 0.386 e. The van der Waals surface area contributed by atoms with Gasteiger partial charge in [0.1, 0.15) is 11.7 Å². The van der Waals surface area contributed by atoms with Crippen LogP contribution >= 0.6 is 11.6 Å². The number of fused-ring (bicyclic) bond motifs is 1. The Morgan fingerprint density at radius 2 is 2.29 bits per heavy atom. The Kier molecular flexibility index (Phi) is 3.28. The van der Waals surface area contributed by atoms with E-state index in [0.717, 1.165) is 5.56 Å². The van der Waals surface area contributed by atoms with Gasteiger partial charge in [-0.25, -0.2) is 9.38 Å². The highest BCUT2D eigenvalue weighted by molar-refractivity contribution is 6.28. The average molecular weight is 256 g/mol. The van der Waals surface area contributed by atoms with E-state index in [1.807, 2.05) is 0 Å². The van der Waals surface area contributed by atoms with Gasteiger partial charge in [0.2, 0.25) is 5.91 Å². The Labute approximate surface area is 103 Å². The van der Waals surface area contributed by atoms with Crippen LogP contribution in [0.1, 0.15) is 12.0 Å². The SMILES string of the molecule is NC(CCl)=Nc1cc(F)cc2c1NC(=O)CC2. The third-order valence-corrected chi connectivity index (χ3v) is 2.72. The number of anilines is 1. The number of aryl methyl sites for hydroxylation is 1. The number of carbonyl (C=O) groups excluding carboxylic acids is 1. The van der Waals surface area contributed by atoms with Crippen molar-refractivity contribution >= 4 is 34.7 Å². The number of nitrogens with zero attached hydrogens (tertiary/aromatic N) is 1. The van der Waals surface area contributed by atoms with Gasteiger partial charge in [0.15, 0.2) is 0 Å². The van der Waals surface area contributed by atoms with Gasteiger partial charge in [-0.3, -0.25) is 4.79 Å². The quantitative estimate of drug-likeness (QED) is 0.482. The zero-order valence-electron chi connectivity index (χ0n) is 8.96. The fraction of sp³-hybridized carbons (Fsp3) is 0.273. The van der Waals surface area contributed by atoms with E-state index in [1.54, 1.807) is 0 Å². The fourth-order valence-corrected chi connectivity index (χ4v) is 1.77. The molecule has 0 saturated heterocycles. The molecule has 3 N–H and O–H groups in total. The van der Waals surface area contributed by atoms with Crippen molar-refractivity contribution in [2.45, 2.75) is 12.8 Å². The van der Waals surface area contributed by atoms with Crippen molar-refractivity contribution in [1.82, 2.24) is 0 Å². The summed E-state index contributed by atoms with van der Waals surface area (Å²) in [6, 6.07) is 2.62. The van der Waals surface area contributed by atoms with Crippen molar-refractivity contribution < 1.29 is 9.18 Å². The third-order valence-electron chi connectivity index (χ3n) is 2.45. The maximum Gasteiger partial charge on any atom is 0.224 e. The Bertz CT molecular complexity index is 502. The van der Waals surface area contributed by atoms with Gasteiger partial charge in [0, 0.05) is 12.5 Å². The zero-order valence-corrected chi connectivity index (χ0v) is 9.72. The highest BCUT2D eigenvalue weighted by Gasteiger charge is 2.19.